The summed E-state index contributed by atoms with van der Waals surface area (Å²) >= 11 is 0. The summed E-state index contributed by atoms with van der Waals surface area (Å²) in [5, 5.41) is 0. The number of hydrogen-bond donors (Lipinski definition) is 0. The molecule has 2 rings (SSSR count). The Morgan fingerprint density at radius 1 is 1.19 bits per heavy atom. The highest BCUT2D eigenvalue weighted by Gasteiger charge is 2.30. The third kappa shape index (κ3) is 4.41. The summed E-state index contributed by atoms with van der Waals surface area (Å²) in [7, 11) is 0. The van der Waals surface area contributed by atoms with Crippen LogP contribution in [0.3, 0.4) is 0 Å². The van der Waals surface area contributed by atoms with Crippen molar-refractivity contribution in [2.24, 2.45) is 5.92 Å². The van der Waals surface area contributed by atoms with E-state index in [9.17, 15) is 14.4 Å². The number of hydrogen-bond acceptors (Lipinski definition) is 4. The Hall–Kier alpha value is -2.17. The molecule has 5 heteroatoms. The van der Waals surface area contributed by atoms with E-state index in [4.69, 9.17) is 4.74 Å². The highest BCUT2D eigenvalue weighted by molar-refractivity contribution is 6.01. The Kier molecular flexibility index (Phi) is 5.09. The molecule has 1 fully saturated rings. The maximum absolute atomic E-state index is 11.8. The van der Waals surface area contributed by atoms with E-state index in [0.29, 0.717) is 0 Å². The summed E-state index contributed by atoms with van der Waals surface area (Å²) in [6, 6.07) is 9.45. The van der Waals surface area contributed by atoms with Crippen LogP contribution in [0.1, 0.15) is 31.7 Å². The Balaban J connectivity index is 1.74. The van der Waals surface area contributed by atoms with Gasteiger partial charge in [-0.05, 0) is 11.5 Å². The number of ether oxygens (including phenoxy) is 1. The van der Waals surface area contributed by atoms with Crippen molar-refractivity contribution in [3.05, 3.63) is 35.9 Å². The van der Waals surface area contributed by atoms with Crippen LogP contribution < -0.4 is 0 Å². The first-order chi connectivity index (χ1) is 10.1. The van der Waals surface area contributed by atoms with E-state index in [-0.39, 0.29) is 56.1 Å². The molecule has 1 aliphatic rings. The number of rotatable bonds is 6. The first kappa shape index (κ1) is 15.2. The van der Waals surface area contributed by atoms with Crippen molar-refractivity contribution < 1.29 is 19.1 Å². The van der Waals surface area contributed by atoms with E-state index in [1.54, 1.807) is 0 Å². The molecule has 0 aromatic heterocycles. The van der Waals surface area contributed by atoms with Crippen LogP contribution in [0.5, 0.6) is 0 Å². The molecule has 1 heterocycles. The fraction of sp³-hybridized carbons (Fsp3) is 0.438. The van der Waals surface area contributed by atoms with Gasteiger partial charge in [0.25, 0.3) is 0 Å². The molecule has 5 nitrogen and oxygen atoms in total. The molecular formula is C16H19NO4. The highest BCUT2D eigenvalue weighted by Crippen LogP contribution is 2.16. The molecule has 0 spiro atoms. The normalized spacial score (nSPS) is 16.1. The molecule has 0 aliphatic carbocycles. The summed E-state index contributed by atoms with van der Waals surface area (Å²) in [6.45, 7) is 2.37. The van der Waals surface area contributed by atoms with Crippen molar-refractivity contribution in [1.82, 2.24) is 4.90 Å². The largest absolute Gasteiger partial charge is 0.461 e. The minimum atomic E-state index is -0.314. The summed E-state index contributed by atoms with van der Waals surface area (Å²) < 4.78 is 5.19. The van der Waals surface area contributed by atoms with Gasteiger partial charge in [-0.1, -0.05) is 37.3 Å². The van der Waals surface area contributed by atoms with Crippen LogP contribution in [0.15, 0.2) is 30.3 Å². The monoisotopic (exact) mass is 289 g/mol. The smallest absolute Gasteiger partial charge is 0.306 e. The molecule has 0 saturated carbocycles. The second kappa shape index (κ2) is 7.02. The van der Waals surface area contributed by atoms with Gasteiger partial charge in [-0.25, -0.2) is 0 Å². The van der Waals surface area contributed by atoms with Crippen LogP contribution in [0.4, 0.5) is 0 Å². The molecule has 0 N–H and O–H groups in total. The zero-order valence-electron chi connectivity index (χ0n) is 12.1. The SMILES string of the molecule is CC(CC(=O)OCc1ccccc1)CN1C(=O)CCC1=O. The summed E-state index contributed by atoms with van der Waals surface area (Å²) in [6.07, 6.45) is 0.762. The fourth-order valence-corrected chi connectivity index (χ4v) is 2.28. The molecule has 1 atom stereocenters. The Morgan fingerprint density at radius 2 is 1.81 bits per heavy atom. The molecule has 1 saturated heterocycles. The minimum absolute atomic E-state index is 0.0979. The van der Waals surface area contributed by atoms with Crippen molar-refractivity contribution in [3.63, 3.8) is 0 Å². The third-order valence-electron chi connectivity index (χ3n) is 3.41. The molecule has 1 aromatic carbocycles. The number of benzene rings is 1. The molecule has 1 aromatic rings. The molecule has 1 aliphatic heterocycles. The molecule has 1 unspecified atom stereocenters. The second-order valence-corrected chi connectivity index (χ2v) is 5.35. The zero-order chi connectivity index (χ0) is 15.2. The van der Waals surface area contributed by atoms with Gasteiger partial charge < -0.3 is 4.74 Å². The van der Waals surface area contributed by atoms with E-state index in [2.05, 4.69) is 0 Å². The zero-order valence-corrected chi connectivity index (χ0v) is 12.1. The quantitative estimate of drug-likeness (QED) is 0.593. The maximum atomic E-state index is 11.8. The molecule has 112 valence electrons. The lowest BCUT2D eigenvalue weighted by atomic mass is 10.1. The van der Waals surface area contributed by atoms with Crippen molar-refractivity contribution in [1.29, 1.82) is 0 Å². The van der Waals surface area contributed by atoms with Crippen LogP contribution in [0, 0.1) is 5.92 Å². The van der Waals surface area contributed by atoms with Crippen molar-refractivity contribution in [2.75, 3.05) is 6.54 Å². The van der Waals surface area contributed by atoms with Gasteiger partial charge in [0.1, 0.15) is 6.61 Å². The van der Waals surface area contributed by atoms with Crippen molar-refractivity contribution in [3.8, 4) is 0 Å². The van der Waals surface area contributed by atoms with Crippen LogP contribution in [0.2, 0.25) is 0 Å². The lowest BCUT2D eigenvalue weighted by Crippen LogP contribution is -2.34. The number of carbonyl (C=O) groups is 3. The first-order valence-corrected chi connectivity index (χ1v) is 7.09. The lowest BCUT2D eigenvalue weighted by molar-refractivity contribution is -0.147. The first-order valence-electron chi connectivity index (χ1n) is 7.09. The molecular weight excluding hydrogens is 270 g/mol. The average molecular weight is 289 g/mol. The van der Waals surface area contributed by atoms with Gasteiger partial charge in [0.15, 0.2) is 0 Å². The van der Waals surface area contributed by atoms with Gasteiger partial charge in [-0.2, -0.15) is 0 Å². The van der Waals surface area contributed by atoms with Crippen LogP contribution in [-0.2, 0) is 25.7 Å². The van der Waals surface area contributed by atoms with Gasteiger partial charge in [-0.15, -0.1) is 0 Å². The average Bonchev–Trinajstić information content (AvgIpc) is 2.78. The molecule has 0 radical (unpaired) electrons. The van der Waals surface area contributed by atoms with Crippen LogP contribution in [-0.4, -0.2) is 29.2 Å². The Labute approximate surface area is 123 Å². The van der Waals surface area contributed by atoms with E-state index in [1.165, 1.54) is 4.90 Å². The molecule has 0 bridgehead atoms. The highest BCUT2D eigenvalue weighted by atomic mass is 16.5. The van der Waals surface area contributed by atoms with Crippen molar-refractivity contribution in [2.45, 2.75) is 32.8 Å². The minimum Gasteiger partial charge on any atom is -0.461 e. The fourth-order valence-electron chi connectivity index (χ4n) is 2.28. The van der Waals surface area contributed by atoms with Gasteiger partial charge in [0.2, 0.25) is 11.8 Å². The van der Waals surface area contributed by atoms with Gasteiger partial charge in [0, 0.05) is 25.8 Å². The van der Waals surface area contributed by atoms with E-state index >= 15 is 0 Å². The molecule has 2 amide bonds. The number of likely N-dealkylation sites (tertiary alicyclic amines) is 1. The van der Waals surface area contributed by atoms with Gasteiger partial charge in [-0.3, -0.25) is 19.3 Å². The van der Waals surface area contributed by atoms with E-state index in [1.807, 2.05) is 37.3 Å². The number of carbonyl (C=O) groups excluding carboxylic acids is 3. The number of nitrogens with zero attached hydrogens (tertiary/aromatic N) is 1. The number of imide groups is 1. The standard InChI is InChI=1S/C16H19NO4/c1-12(10-17-14(18)7-8-15(17)19)9-16(20)21-11-13-5-3-2-4-6-13/h2-6,12H,7-11H2,1H3. The summed E-state index contributed by atoms with van der Waals surface area (Å²) in [5.41, 5.74) is 0.934. The van der Waals surface area contributed by atoms with Gasteiger partial charge >= 0.3 is 5.97 Å². The number of esters is 1. The molecule has 21 heavy (non-hydrogen) atoms. The van der Waals surface area contributed by atoms with Gasteiger partial charge in [0.05, 0.1) is 0 Å². The Morgan fingerprint density at radius 3 is 2.43 bits per heavy atom. The topological polar surface area (TPSA) is 63.7 Å². The summed E-state index contributed by atoms with van der Waals surface area (Å²) in [5.74, 6) is -0.710. The van der Waals surface area contributed by atoms with Crippen LogP contribution >= 0.6 is 0 Å². The summed E-state index contributed by atoms with van der Waals surface area (Å²) in [4.78, 5) is 36.0. The third-order valence-corrected chi connectivity index (χ3v) is 3.41. The predicted octanol–water partition coefficient (Wildman–Crippen LogP) is 1.91. The predicted molar refractivity (Wildman–Crippen MR) is 76.0 cm³/mol. The lowest BCUT2D eigenvalue weighted by Gasteiger charge is -2.18. The van der Waals surface area contributed by atoms with Crippen LogP contribution in [0.25, 0.3) is 0 Å². The second-order valence-electron chi connectivity index (χ2n) is 5.35. The van der Waals surface area contributed by atoms with E-state index in [0.717, 1.165) is 5.56 Å². The van der Waals surface area contributed by atoms with E-state index < -0.39 is 0 Å². The Bertz CT molecular complexity index is 510. The number of amides is 2. The maximum Gasteiger partial charge on any atom is 0.306 e. The van der Waals surface area contributed by atoms with Crippen molar-refractivity contribution >= 4 is 17.8 Å².